The van der Waals surface area contributed by atoms with Gasteiger partial charge in [0.1, 0.15) is 0 Å². The lowest BCUT2D eigenvalue weighted by molar-refractivity contribution is -0.192. The molecule has 9 heteroatoms. The van der Waals surface area contributed by atoms with Crippen LogP contribution in [0.3, 0.4) is 0 Å². The van der Waals surface area contributed by atoms with E-state index in [4.69, 9.17) is 9.90 Å². The zero-order valence-electron chi connectivity index (χ0n) is 19.5. The molecule has 2 saturated heterocycles. The van der Waals surface area contributed by atoms with Gasteiger partial charge in [0.2, 0.25) is 0 Å². The van der Waals surface area contributed by atoms with Crippen molar-refractivity contribution in [1.29, 1.82) is 0 Å². The van der Waals surface area contributed by atoms with Crippen LogP contribution in [0.15, 0.2) is 54.6 Å². The predicted molar refractivity (Wildman–Crippen MR) is 124 cm³/mol. The molecule has 2 heterocycles. The molecule has 1 N–H and O–H groups in total. The number of nitrogens with zero attached hydrogens (tertiary/aromatic N) is 3. The standard InChI is InChI=1S/C23H29N3O.C2HF3O2/c1-24(2)23(27)17-9-11-19(12-10-17)26(18-7-5-4-6-8-18)22-15-20-13-14-21(16-22)25(20)3;3-2(4,5)1(6)7/h4-12,20-22H,13-16H2,1-3H3;(H,6,7)/t20-,21+,22+;. The van der Waals surface area contributed by atoms with Crippen molar-refractivity contribution in [2.24, 2.45) is 0 Å². The Labute approximate surface area is 197 Å². The Bertz CT molecular complexity index is 966. The van der Waals surface area contributed by atoms with Crippen molar-refractivity contribution in [3.8, 4) is 0 Å². The SMILES string of the molecule is CN(C)C(=O)c1ccc(N(c2ccccc2)[C@H]2C[C@H]3CC[C@@H](C2)N3C)cc1.O=C(O)C(F)(F)F. The van der Waals surface area contributed by atoms with Gasteiger partial charge in [-0.15, -0.1) is 0 Å². The van der Waals surface area contributed by atoms with E-state index >= 15 is 0 Å². The molecule has 0 saturated carbocycles. The Balaban J connectivity index is 0.000000406. The molecule has 0 aromatic heterocycles. The molecule has 6 nitrogen and oxygen atoms in total. The first-order chi connectivity index (χ1) is 16.0. The van der Waals surface area contributed by atoms with Gasteiger partial charge in [0, 0.05) is 49.2 Å². The van der Waals surface area contributed by atoms with Crippen LogP contribution < -0.4 is 4.90 Å². The van der Waals surface area contributed by atoms with E-state index in [0.29, 0.717) is 18.1 Å². The van der Waals surface area contributed by atoms with E-state index < -0.39 is 12.1 Å². The molecular weight excluding hydrogens is 447 g/mol. The van der Waals surface area contributed by atoms with E-state index in [0.717, 1.165) is 5.56 Å². The number of piperidine rings is 1. The predicted octanol–water partition coefficient (Wildman–Crippen LogP) is 4.79. The topological polar surface area (TPSA) is 64.1 Å². The summed E-state index contributed by atoms with van der Waals surface area (Å²) in [5, 5.41) is 7.12. The number of carbonyl (C=O) groups is 2. The molecule has 0 spiro atoms. The summed E-state index contributed by atoms with van der Waals surface area (Å²) in [6, 6.07) is 20.7. The summed E-state index contributed by atoms with van der Waals surface area (Å²) >= 11 is 0. The Morgan fingerprint density at radius 2 is 1.38 bits per heavy atom. The number of fused-ring (bicyclic) bond motifs is 2. The van der Waals surface area contributed by atoms with Gasteiger partial charge < -0.3 is 19.8 Å². The molecule has 2 aromatic carbocycles. The Kier molecular flexibility index (Phi) is 7.86. The van der Waals surface area contributed by atoms with Crippen molar-refractivity contribution < 1.29 is 27.9 Å². The highest BCUT2D eigenvalue weighted by Crippen LogP contribution is 2.40. The van der Waals surface area contributed by atoms with Gasteiger partial charge in [0.05, 0.1) is 0 Å². The number of alkyl halides is 3. The number of hydrogen-bond donors (Lipinski definition) is 1. The van der Waals surface area contributed by atoms with E-state index in [9.17, 15) is 18.0 Å². The Morgan fingerprint density at radius 3 is 1.82 bits per heavy atom. The number of carbonyl (C=O) groups excluding carboxylic acids is 1. The van der Waals surface area contributed by atoms with Gasteiger partial charge in [-0.25, -0.2) is 4.79 Å². The number of anilines is 2. The molecule has 1 amide bonds. The van der Waals surface area contributed by atoms with Crippen LogP contribution in [0.5, 0.6) is 0 Å². The highest BCUT2D eigenvalue weighted by atomic mass is 19.4. The molecule has 0 unspecified atom stereocenters. The summed E-state index contributed by atoms with van der Waals surface area (Å²) in [7, 11) is 5.87. The fourth-order valence-electron chi connectivity index (χ4n) is 4.78. The third-order valence-electron chi connectivity index (χ3n) is 6.51. The van der Waals surface area contributed by atoms with Crippen LogP contribution in [0.2, 0.25) is 0 Å². The lowest BCUT2D eigenvalue weighted by atomic mass is 9.95. The molecule has 184 valence electrons. The zero-order chi connectivity index (χ0) is 25.0. The van der Waals surface area contributed by atoms with Crippen LogP contribution in [-0.4, -0.2) is 72.2 Å². The van der Waals surface area contributed by atoms with Crippen molar-refractivity contribution in [2.75, 3.05) is 26.0 Å². The highest BCUT2D eigenvalue weighted by Gasteiger charge is 2.41. The van der Waals surface area contributed by atoms with E-state index in [1.807, 2.05) is 12.1 Å². The van der Waals surface area contributed by atoms with E-state index in [1.165, 1.54) is 37.1 Å². The first-order valence-corrected chi connectivity index (χ1v) is 11.2. The zero-order valence-corrected chi connectivity index (χ0v) is 19.5. The Hall–Kier alpha value is -3.07. The third kappa shape index (κ3) is 5.88. The first-order valence-electron chi connectivity index (χ1n) is 11.2. The van der Waals surface area contributed by atoms with Crippen LogP contribution in [-0.2, 0) is 4.79 Å². The molecule has 4 rings (SSSR count). The van der Waals surface area contributed by atoms with E-state index in [2.05, 4.69) is 59.3 Å². The summed E-state index contributed by atoms with van der Waals surface area (Å²) in [6.45, 7) is 0. The molecule has 2 aliphatic heterocycles. The number of benzene rings is 2. The summed E-state index contributed by atoms with van der Waals surface area (Å²) in [6.07, 6.45) is -0.0618. The van der Waals surface area contributed by atoms with Crippen LogP contribution in [0.25, 0.3) is 0 Å². The summed E-state index contributed by atoms with van der Waals surface area (Å²) in [4.78, 5) is 27.8. The number of para-hydroxylation sites is 1. The van der Waals surface area contributed by atoms with Crippen molar-refractivity contribution in [3.63, 3.8) is 0 Å². The fourth-order valence-corrected chi connectivity index (χ4v) is 4.78. The number of carboxylic acid groups (broad SMARTS) is 1. The molecule has 0 aliphatic carbocycles. The molecule has 0 radical (unpaired) electrons. The maximum Gasteiger partial charge on any atom is 0.490 e. The smallest absolute Gasteiger partial charge is 0.475 e. The van der Waals surface area contributed by atoms with Crippen molar-refractivity contribution in [1.82, 2.24) is 9.80 Å². The highest BCUT2D eigenvalue weighted by molar-refractivity contribution is 5.94. The largest absolute Gasteiger partial charge is 0.490 e. The minimum absolute atomic E-state index is 0.0464. The number of aliphatic carboxylic acids is 1. The number of hydrogen-bond acceptors (Lipinski definition) is 4. The van der Waals surface area contributed by atoms with Gasteiger partial charge in [-0.3, -0.25) is 4.79 Å². The lowest BCUT2D eigenvalue weighted by Crippen LogP contribution is -2.47. The minimum Gasteiger partial charge on any atom is -0.475 e. The second kappa shape index (κ2) is 10.5. The van der Waals surface area contributed by atoms with Crippen molar-refractivity contribution >= 4 is 23.3 Å². The number of rotatable bonds is 4. The second-order valence-electron chi connectivity index (χ2n) is 8.93. The summed E-state index contributed by atoms with van der Waals surface area (Å²) in [5.41, 5.74) is 3.14. The molecule has 2 aliphatic rings. The molecule has 2 fully saturated rings. The van der Waals surface area contributed by atoms with E-state index in [1.54, 1.807) is 19.0 Å². The van der Waals surface area contributed by atoms with Crippen LogP contribution in [0.4, 0.5) is 24.5 Å². The van der Waals surface area contributed by atoms with Crippen LogP contribution in [0, 0.1) is 0 Å². The monoisotopic (exact) mass is 477 g/mol. The third-order valence-corrected chi connectivity index (χ3v) is 6.51. The first kappa shape index (κ1) is 25.6. The van der Waals surface area contributed by atoms with E-state index in [-0.39, 0.29) is 5.91 Å². The normalized spacial score (nSPS) is 21.9. The fraction of sp³-hybridized carbons (Fsp3) is 0.440. The van der Waals surface area contributed by atoms with Crippen LogP contribution in [0.1, 0.15) is 36.0 Å². The van der Waals surface area contributed by atoms with Gasteiger partial charge in [-0.1, -0.05) is 18.2 Å². The maximum atomic E-state index is 12.2. The minimum atomic E-state index is -5.08. The number of halogens is 3. The maximum absolute atomic E-state index is 12.2. The molecular formula is C25H30F3N3O3. The number of amides is 1. The second-order valence-corrected chi connectivity index (χ2v) is 8.93. The molecule has 34 heavy (non-hydrogen) atoms. The van der Waals surface area contributed by atoms with Gasteiger partial charge in [-0.2, -0.15) is 13.2 Å². The molecule has 2 aromatic rings. The van der Waals surface area contributed by atoms with Gasteiger partial charge in [0.25, 0.3) is 5.91 Å². The summed E-state index contributed by atoms with van der Waals surface area (Å²) < 4.78 is 31.7. The number of carboxylic acids is 1. The van der Waals surface area contributed by atoms with Gasteiger partial charge in [-0.05, 0) is 69.1 Å². The van der Waals surface area contributed by atoms with Crippen molar-refractivity contribution in [3.05, 3.63) is 60.2 Å². The van der Waals surface area contributed by atoms with Gasteiger partial charge in [0.15, 0.2) is 0 Å². The van der Waals surface area contributed by atoms with Gasteiger partial charge >= 0.3 is 12.1 Å². The lowest BCUT2D eigenvalue weighted by Gasteiger charge is -2.43. The van der Waals surface area contributed by atoms with Crippen molar-refractivity contribution in [2.45, 2.75) is 50.0 Å². The molecule has 3 atom stereocenters. The average molecular weight is 478 g/mol. The quantitative estimate of drug-likeness (QED) is 0.687. The molecule has 2 bridgehead atoms. The van der Waals surface area contributed by atoms with Crippen LogP contribution >= 0.6 is 0 Å². The average Bonchev–Trinajstić information content (AvgIpc) is 2.99. The Morgan fingerprint density at radius 1 is 0.912 bits per heavy atom. The summed E-state index contributed by atoms with van der Waals surface area (Å²) in [5.74, 6) is -2.71.